The summed E-state index contributed by atoms with van der Waals surface area (Å²) in [6.45, 7) is 13.6. The number of carbonyl (C=O) groups excluding carboxylic acids is 3. The van der Waals surface area contributed by atoms with Crippen molar-refractivity contribution in [1.29, 1.82) is 0 Å². The van der Waals surface area contributed by atoms with Crippen molar-refractivity contribution in [3.8, 4) is 0 Å². The van der Waals surface area contributed by atoms with Gasteiger partial charge in [0, 0.05) is 19.3 Å². The van der Waals surface area contributed by atoms with E-state index < -0.39 is 6.10 Å². The average molecular weight is 737 g/mol. The highest BCUT2D eigenvalue weighted by Crippen LogP contribution is 2.16. The van der Waals surface area contributed by atoms with Crippen LogP contribution in [0.2, 0.25) is 0 Å². The molecule has 0 bridgehead atoms. The van der Waals surface area contributed by atoms with Crippen molar-refractivity contribution in [2.24, 2.45) is 17.8 Å². The summed E-state index contributed by atoms with van der Waals surface area (Å²) < 4.78 is 16.7. The molecule has 0 aromatic carbocycles. The number of esters is 3. The second-order valence-electron chi connectivity index (χ2n) is 17.1. The maximum absolute atomic E-state index is 12.7. The Morgan fingerprint density at radius 1 is 0.327 bits per heavy atom. The fourth-order valence-electron chi connectivity index (χ4n) is 6.70. The Hall–Kier alpha value is -1.59. The number of ether oxygens (including phenoxy) is 3. The minimum absolute atomic E-state index is 0.0670. The summed E-state index contributed by atoms with van der Waals surface area (Å²) in [6, 6.07) is 0. The van der Waals surface area contributed by atoms with Crippen LogP contribution in [0.25, 0.3) is 0 Å². The quantitative estimate of drug-likeness (QED) is 0.0355. The molecule has 0 unspecified atom stereocenters. The Kier molecular flexibility index (Phi) is 36.6. The summed E-state index contributed by atoms with van der Waals surface area (Å²) >= 11 is 0. The molecule has 0 amide bonds. The lowest BCUT2D eigenvalue weighted by molar-refractivity contribution is -0.167. The molecule has 0 aliphatic carbocycles. The van der Waals surface area contributed by atoms with E-state index in [4.69, 9.17) is 14.2 Å². The zero-order valence-electron chi connectivity index (χ0n) is 35.6. The third-order valence-electron chi connectivity index (χ3n) is 10.1. The van der Waals surface area contributed by atoms with Gasteiger partial charge in [-0.3, -0.25) is 14.4 Å². The van der Waals surface area contributed by atoms with E-state index >= 15 is 0 Å². The molecule has 0 saturated carbocycles. The van der Waals surface area contributed by atoms with Gasteiger partial charge in [0.2, 0.25) is 0 Å². The van der Waals surface area contributed by atoms with Crippen LogP contribution in [0, 0.1) is 17.8 Å². The van der Waals surface area contributed by atoms with E-state index in [0.717, 1.165) is 75.5 Å². The van der Waals surface area contributed by atoms with Crippen LogP contribution in [0.1, 0.15) is 241 Å². The molecule has 0 rings (SSSR count). The molecule has 0 aromatic heterocycles. The molecule has 0 saturated heterocycles. The van der Waals surface area contributed by atoms with Crippen molar-refractivity contribution >= 4 is 17.9 Å². The van der Waals surface area contributed by atoms with E-state index in [9.17, 15) is 14.4 Å². The lowest BCUT2D eigenvalue weighted by Crippen LogP contribution is -2.30. The first-order chi connectivity index (χ1) is 25.1. The SMILES string of the molecule is CC(C)CCCCCCCCCCCCCC(=O)OC[C@@H](COC(=O)CCCCCCCCCC(C)C)OC(=O)CCCCCCCCCC(C)C. The lowest BCUT2D eigenvalue weighted by atomic mass is 10.0. The standard InChI is InChI=1S/C46H88O6/c1-40(2)32-26-20-14-10-8-7-9-11-17-23-29-35-44(47)50-38-43(52-46(49)37-31-25-19-13-16-22-28-34-42(5)6)39-51-45(48)36-30-24-18-12-15-21-27-33-41(3)4/h40-43H,7-39H2,1-6H3/t43-/m0/s1. The van der Waals surface area contributed by atoms with Gasteiger partial charge in [0.15, 0.2) is 6.10 Å². The molecular formula is C46H88O6. The second-order valence-corrected chi connectivity index (χ2v) is 17.1. The summed E-state index contributed by atoms with van der Waals surface area (Å²) in [4.78, 5) is 37.6. The van der Waals surface area contributed by atoms with Crippen molar-refractivity contribution in [3.05, 3.63) is 0 Å². The minimum Gasteiger partial charge on any atom is -0.462 e. The monoisotopic (exact) mass is 737 g/mol. The van der Waals surface area contributed by atoms with Gasteiger partial charge < -0.3 is 14.2 Å². The molecule has 0 spiro atoms. The van der Waals surface area contributed by atoms with Gasteiger partial charge in [0.05, 0.1) is 0 Å². The second kappa shape index (κ2) is 37.7. The van der Waals surface area contributed by atoms with Crippen LogP contribution in [0.15, 0.2) is 0 Å². The maximum atomic E-state index is 12.7. The van der Waals surface area contributed by atoms with Crippen molar-refractivity contribution in [2.45, 2.75) is 247 Å². The van der Waals surface area contributed by atoms with Gasteiger partial charge in [-0.25, -0.2) is 0 Å². The van der Waals surface area contributed by atoms with Crippen LogP contribution in [-0.2, 0) is 28.6 Å². The van der Waals surface area contributed by atoms with Gasteiger partial charge in [-0.2, -0.15) is 0 Å². The first-order valence-electron chi connectivity index (χ1n) is 22.6. The van der Waals surface area contributed by atoms with Crippen molar-refractivity contribution in [2.75, 3.05) is 13.2 Å². The highest BCUT2D eigenvalue weighted by Gasteiger charge is 2.19. The third-order valence-corrected chi connectivity index (χ3v) is 10.1. The number of unbranched alkanes of at least 4 members (excludes halogenated alkanes) is 22. The normalized spacial score (nSPS) is 12.2. The molecule has 52 heavy (non-hydrogen) atoms. The van der Waals surface area contributed by atoms with Crippen molar-refractivity contribution < 1.29 is 28.6 Å². The molecule has 0 N–H and O–H groups in total. The summed E-state index contributed by atoms with van der Waals surface area (Å²) in [5.74, 6) is 1.52. The minimum atomic E-state index is -0.762. The van der Waals surface area contributed by atoms with Crippen LogP contribution in [0.4, 0.5) is 0 Å². The van der Waals surface area contributed by atoms with E-state index in [1.165, 1.54) is 122 Å². The molecule has 0 heterocycles. The van der Waals surface area contributed by atoms with Crippen molar-refractivity contribution in [3.63, 3.8) is 0 Å². The molecule has 0 aliphatic heterocycles. The number of hydrogen-bond donors (Lipinski definition) is 0. The van der Waals surface area contributed by atoms with Crippen molar-refractivity contribution in [1.82, 2.24) is 0 Å². The van der Waals surface area contributed by atoms with Crippen LogP contribution in [-0.4, -0.2) is 37.2 Å². The zero-order valence-corrected chi connectivity index (χ0v) is 35.6. The third kappa shape index (κ3) is 39.6. The molecule has 0 aliphatic rings. The van der Waals surface area contributed by atoms with Crippen LogP contribution in [0.5, 0.6) is 0 Å². The Bertz CT molecular complexity index is 807. The smallest absolute Gasteiger partial charge is 0.306 e. The summed E-state index contributed by atoms with van der Waals surface area (Å²) in [5, 5.41) is 0. The van der Waals surface area contributed by atoms with Gasteiger partial charge in [0.25, 0.3) is 0 Å². The van der Waals surface area contributed by atoms with Crippen LogP contribution >= 0.6 is 0 Å². The van der Waals surface area contributed by atoms with E-state index in [1.54, 1.807) is 0 Å². The highest BCUT2D eigenvalue weighted by atomic mass is 16.6. The Morgan fingerprint density at radius 3 is 0.827 bits per heavy atom. The van der Waals surface area contributed by atoms with Crippen LogP contribution in [0.3, 0.4) is 0 Å². The van der Waals surface area contributed by atoms with Gasteiger partial charge in [-0.1, -0.05) is 202 Å². The Morgan fingerprint density at radius 2 is 0.558 bits per heavy atom. The lowest BCUT2D eigenvalue weighted by Gasteiger charge is -2.18. The van der Waals surface area contributed by atoms with Crippen LogP contribution < -0.4 is 0 Å². The maximum Gasteiger partial charge on any atom is 0.306 e. The van der Waals surface area contributed by atoms with Gasteiger partial charge in [-0.15, -0.1) is 0 Å². The van der Waals surface area contributed by atoms with Gasteiger partial charge in [0.1, 0.15) is 13.2 Å². The summed E-state index contributed by atoms with van der Waals surface area (Å²) in [5.41, 5.74) is 0. The fraction of sp³-hybridized carbons (Fsp3) is 0.935. The fourth-order valence-corrected chi connectivity index (χ4v) is 6.70. The molecule has 308 valence electrons. The first-order valence-corrected chi connectivity index (χ1v) is 22.6. The first kappa shape index (κ1) is 50.4. The summed E-state index contributed by atoms with van der Waals surface area (Å²) in [6.07, 6.45) is 33.9. The Labute approximate surface area is 323 Å². The average Bonchev–Trinajstić information content (AvgIpc) is 3.09. The Balaban J connectivity index is 4.32. The molecule has 6 nitrogen and oxygen atoms in total. The van der Waals surface area contributed by atoms with Gasteiger partial charge >= 0.3 is 17.9 Å². The number of carbonyl (C=O) groups is 3. The number of hydrogen-bond acceptors (Lipinski definition) is 6. The zero-order chi connectivity index (χ0) is 38.5. The topological polar surface area (TPSA) is 78.9 Å². The van der Waals surface area contributed by atoms with E-state index in [2.05, 4.69) is 41.5 Å². The molecular weight excluding hydrogens is 648 g/mol. The molecule has 1 atom stereocenters. The molecule has 0 aromatic rings. The molecule has 0 radical (unpaired) electrons. The van der Waals surface area contributed by atoms with E-state index in [1.807, 2.05) is 0 Å². The molecule has 6 heteroatoms. The largest absolute Gasteiger partial charge is 0.462 e. The molecule has 0 fully saturated rings. The van der Waals surface area contributed by atoms with Gasteiger partial charge in [-0.05, 0) is 37.0 Å². The summed E-state index contributed by atoms with van der Waals surface area (Å²) in [7, 11) is 0. The van der Waals surface area contributed by atoms with E-state index in [0.29, 0.717) is 19.3 Å². The number of rotatable bonds is 39. The highest BCUT2D eigenvalue weighted by molar-refractivity contribution is 5.71. The van der Waals surface area contributed by atoms with E-state index in [-0.39, 0.29) is 31.1 Å². The predicted molar refractivity (Wildman–Crippen MR) is 219 cm³/mol. The predicted octanol–water partition coefficient (Wildman–Crippen LogP) is 14.0.